The maximum atomic E-state index is 11.5. The number of aryl methyl sites for hydroxylation is 1. The zero-order valence-corrected chi connectivity index (χ0v) is 10.7. The largest absolute Gasteiger partial charge is 0.462 e. The van der Waals surface area contributed by atoms with Crippen molar-refractivity contribution in [3.05, 3.63) is 46.8 Å². The van der Waals surface area contributed by atoms with E-state index >= 15 is 0 Å². The van der Waals surface area contributed by atoms with Gasteiger partial charge in [0, 0.05) is 4.88 Å². The molecule has 0 saturated heterocycles. The zero-order valence-electron chi connectivity index (χ0n) is 9.90. The van der Waals surface area contributed by atoms with Crippen LogP contribution in [0.15, 0.2) is 36.4 Å². The van der Waals surface area contributed by atoms with Crippen molar-refractivity contribution in [1.82, 2.24) is 0 Å². The van der Waals surface area contributed by atoms with E-state index in [-0.39, 0.29) is 5.97 Å². The van der Waals surface area contributed by atoms with Crippen LogP contribution in [0.25, 0.3) is 10.4 Å². The highest BCUT2D eigenvalue weighted by Gasteiger charge is 2.10. The lowest BCUT2D eigenvalue weighted by Crippen LogP contribution is -2.01. The Bertz CT molecular complexity index is 529. The minimum Gasteiger partial charge on any atom is -0.462 e. The zero-order chi connectivity index (χ0) is 12.3. The van der Waals surface area contributed by atoms with E-state index in [1.165, 1.54) is 16.9 Å². The number of rotatable bonds is 3. The van der Waals surface area contributed by atoms with E-state index in [9.17, 15) is 4.79 Å². The Balaban J connectivity index is 2.27. The molecule has 0 saturated carbocycles. The van der Waals surface area contributed by atoms with Crippen molar-refractivity contribution in [3.8, 4) is 10.4 Å². The number of carbonyl (C=O) groups is 1. The molecule has 0 aliphatic rings. The second-order valence-corrected chi connectivity index (χ2v) is 4.84. The Morgan fingerprint density at radius 1 is 1.29 bits per heavy atom. The molecule has 0 amide bonds. The first-order valence-electron chi connectivity index (χ1n) is 5.54. The fourth-order valence-corrected chi connectivity index (χ4v) is 2.50. The summed E-state index contributed by atoms with van der Waals surface area (Å²) in [5, 5.41) is 0. The van der Waals surface area contributed by atoms with Crippen LogP contribution in [0.1, 0.15) is 22.2 Å². The summed E-state index contributed by atoms with van der Waals surface area (Å²) in [7, 11) is 0. The van der Waals surface area contributed by atoms with Gasteiger partial charge in [-0.1, -0.05) is 29.8 Å². The van der Waals surface area contributed by atoms with Crippen LogP contribution in [-0.4, -0.2) is 12.6 Å². The van der Waals surface area contributed by atoms with Gasteiger partial charge in [-0.2, -0.15) is 0 Å². The van der Waals surface area contributed by atoms with Gasteiger partial charge in [-0.25, -0.2) is 4.79 Å². The van der Waals surface area contributed by atoms with Crippen molar-refractivity contribution in [2.24, 2.45) is 0 Å². The van der Waals surface area contributed by atoms with Crippen molar-refractivity contribution in [2.75, 3.05) is 6.61 Å². The molecule has 0 aliphatic heterocycles. The molecule has 2 nitrogen and oxygen atoms in total. The van der Waals surface area contributed by atoms with Crippen LogP contribution in [0, 0.1) is 6.92 Å². The van der Waals surface area contributed by atoms with Crippen molar-refractivity contribution < 1.29 is 9.53 Å². The smallest absolute Gasteiger partial charge is 0.348 e. The van der Waals surface area contributed by atoms with Crippen molar-refractivity contribution >= 4 is 17.3 Å². The summed E-state index contributed by atoms with van der Waals surface area (Å²) in [6.45, 7) is 4.28. The molecule has 2 aromatic rings. The SMILES string of the molecule is CCOC(=O)c1ccc(-c2cccc(C)c2)s1. The highest BCUT2D eigenvalue weighted by Crippen LogP contribution is 2.28. The van der Waals surface area contributed by atoms with Crippen LogP contribution in [0.3, 0.4) is 0 Å². The summed E-state index contributed by atoms with van der Waals surface area (Å²) in [4.78, 5) is 13.3. The van der Waals surface area contributed by atoms with Crippen LogP contribution in [0.4, 0.5) is 0 Å². The van der Waals surface area contributed by atoms with Gasteiger partial charge in [-0.15, -0.1) is 11.3 Å². The Morgan fingerprint density at radius 2 is 2.12 bits per heavy atom. The monoisotopic (exact) mass is 246 g/mol. The maximum absolute atomic E-state index is 11.5. The van der Waals surface area contributed by atoms with Gasteiger partial charge in [0.05, 0.1) is 6.61 Å². The summed E-state index contributed by atoms with van der Waals surface area (Å²) >= 11 is 1.47. The fourth-order valence-electron chi connectivity index (χ4n) is 1.60. The van der Waals surface area contributed by atoms with Crippen LogP contribution in [0.2, 0.25) is 0 Å². The Kier molecular flexibility index (Phi) is 3.59. The molecule has 3 heteroatoms. The molecular formula is C14H14O2S. The van der Waals surface area contributed by atoms with Crippen molar-refractivity contribution in [3.63, 3.8) is 0 Å². The van der Waals surface area contributed by atoms with Crippen LogP contribution < -0.4 is 0 Å². The van der Waals surface area contributed by atoms with E-state index < -0.39 is 0 Å². The Labute approximate surface area is 105 Å². The summed E-state index contributed by atoms with van der Waals surface area (Å²) in [6, 6.07) is 12.0. The Hall–Kier alpha value is -1.61. The topological polar surface area (TPSA) is 26.3 Å². The minimum absolute atomic E-state index is 0.239. The van der Waals surface area contributed by atoms with Crippen LogP contribution in [0.5, 0.6) is 0 Å². The number of hydrogen-bond donors (Lipinski definition) is 0. The molecule has 0 aliphatic carbocycles. The highest BCUT2D eigenvalue weighted by molar-refractivity contribution is 7.17. The average Bonchev–Trinajstić information content (AvgIpc) is 2.78. The predicted molar refractivity (Wildman–Crippen MR) is 70.4 cm³/mol. The van der Waals surface area contributed by atoms with Crippen LogP contribution >= 0.6 is 11.3 Å². The third-order valence-electron chi connectivity index (χ3n) is 2.39. The van der Waals surface area contributed by atoms with Gasteiger partial charge < -0.3 is 4.74 Å². The van der Waals surface area contributed by atoms with Gasteiger partial charge in [0.15, 0.2) is 0 Å². The van der Waals surface area contributed by atoms with E-state index in [0.29, 0.717) is 11.5 Å². The normalized spacial score (nSPS) is 10.2. The van der Waals surface area contributed by atoms with E-state index in [1.807, 2.05) is 31.2 Å². The third kappa shape index (κ3) is 2.74. The van der Waals surface area contributed by atoms with E-state index in [4.69, 9.17) is 4.74 Å². The minimum atomic E-state index is -0.239. The molecule has 2 rings (SSSR count). The van der Waals surface area contributed by atoms with Gasteiger partial charge in [0.2, 0.25) is 0 Å². The third-order valence-corrected chi connectivity index (χ3v) is 3.50. The standard InChI is InChI=1S/C14H14O2S/c1-3-16-14(15)13-8-7-12(17-13)11-6-4-5-10(2)9-11/h4-9H,3H2,1-2H3. The first-order chi connectivity index (χ1) is 8.20. The maximum Gasteiger partial charge on any atom is 0.348 e. The predicted octanol–water partition coefficient (Wildman–Crippen LogP) is 3.90. The number of ether oxygens (including phenoxy) is 1. The van der Waals surface area contributed by atoms with E-state index in [0.717, 1.165) is 10.4 Å². The van der Waals surface area contributed by atoms with E-state index in [1.54, 1.807) is 0 Å². The molecule has 0 N–H and O–H groups in total. The van der Waals surface area contributed by atoms with Gasteiger partial charge in [-0.3, -0.25) is 0 Å². The molecule has 0 bridgehead atoms. The molecule has 1 aromatic heterocycles. The van der Waals surface area contributed by atoms with Crippen molar-refractivity contribution in [2.45, 2.75) is 13.8 Å². The average molecular weight is 246 g/mol. The molecule has 0 fully saturated rings. The molecule has 0 spiro atoms. The number of esters is 1. The summed E-state index contributed by atoms with van der Waals surface area (Å²) < 4.78 is 4.97. The lowest BCUT2D eigenvalue weighted by atomic mass is 10.1. The molecule has 88 valence electrons. The molecule has 1 heterocycles. The van der Waals surface area contributed by atoms with E-state index in [2.05, 4.69) is 19.1 Å². The summed E-state index contributed by atoms with van der Waals surface area (Å²) in [6.07, 6.45) is 0. The highest BCUT2D eigenvalue weighted by atomic mass is 32.1. The first-order valence-corrected chi connectivity index (χ1v) is 6.36. The number of benzene rings is 1. The van der Waals surface area contributed by atoms with Gasteiger partial charge in [0.1, 0.15) is 4.88 Å². The number of hydrogen-bond acceptors (Lipinski definition) is 3. The molecule has 1 aromatic carbocycles. The second-order valence-electron chi connectivity index (χ2n) is 3.75. The quantitative estimate of drug-likeness (QED) is 0.768. The lowest BCUT2D eigenvalue weighted by Gasteiger charge is -1.99. The summed E-state index contributed by atoms with van der Waals surface area (Å²) in [5.74, 6) is -0.239. The van der Waals surface area contributed by atoms with Gasteiger partial charge >= 0.3 is 5.97 Å². The number of carbonyl (C=O) groups excluding carboxylic acids is 1. The Morgan fingerprint density at radius 3 is 2.82 bits per heavy atom. The molecule has 0 atom stereocenters. The second kappa shape index (κ2) is 5.15. The fraction of sp³-hybridized carbons (Fsp3) is 0.214. The molecule has 0 unspecified atom stereocenters. The van der Waals surface area contributed by atoms with Crippen LogP contribution in [-0.2, 0) is 4.74 Å². The number of thiophene rings is 1. The van der Waals surface area contributed by atoms with Crippen molar-refractivity contribution in [1.29, 1.82) is 0 Å². The first kappa shape index (κ1) is 11.9. The molecular weight excluding hydrogens is 232 g/mol. The summed E-state index contributed by atoms with van der Waals surface area (Å²) in [5.41, 5.74) is 2.36. The lowest BCUT2D eigenvalue weighted by molar-refractivity contribution is 0.0532. The molecule has 17 heavy (non-hydrogen) atoms. The van der Waals surface area contributed by atoms with Gasteiger partial charge in [-0.05, 0) is 31.5 Å². The van der Waals surface area contributed by atoms with Gasteiger partial charge in [0.25, 0.3) is 0 Å². The molecule has 0 radical (unpaired) electrons.